The van der Waals surface area contributed by atoms with E-state index in [0.29, 0.717) is 0 Å². The number of hydrogen-bond acceptors (Lipinski definition) is 1. The lowest BCUT2D eigenvalue weighted by molar-refractivity contribution is 0.231. The van der Waals surface area contributed by atoms with E-state index in [1.165, 1.54) is 38.4 Å². The van der Waals surface area contributed by atoms with E-state index in [-0.39, 0.29) is 5.82 Å². The summed E-state index contributed by atoms with van der Waals surface area (Å²) in [7, 11) is 0. The second-order valence-corrected chi connectivity index (χ2v) is 4.28. The Bertz CT molecular complexity index is 305. The number of benzene rings is 1. The molecule has 0 amide bonds. The maximum absolute atomic E-state index is 12.9. The van der Waals surface area contributed by atoms with Crippen molar-refractivity contribution in [3.63, 3.8) is 0 Å². The predicted octanol–water partition coefficient (Wildman–Crippen LogP) is 2.85. The molecule has 1 aliphatic rings. The summed E-state index contributed by atoms with van der Waals surface area (Å²) in [5.74, 6) is -0.119. The van der Waals surface area contributed by atoms with Crippen molar-refractivity contribution in [1.29, 1.82) is 0 Å². The van der Waals surface area contributed by atoms with Gasteiger partial charge in [-0.3, -0.25) is 0 Å². The van der Waals surface area contributed by atoms with Gasteiger partial charge in [-0.1, -0.05) is 18.6 Å². The quantitative estimate of drug-likeness (QED) is 0.736. The zero-order valence-corrected chi connectivity index (χ0v) is 9.08. The van der Waals surface area contributed by atoms with Gasteiger partial charge >= 0.3 is 0 Å². The first-order valence-electron chi connectivity index (χ1n) is 5.81. The molecule has 1 heterocycles. The molecule has 0 spiro atoms. The molecule has 0 radical (unpaired) electrons. The fourth-order valence-corrected chi connectivity index (χ4v) is 2.16. The van der Waals surface area contributed by atoms with Crippen LogP contribution in [0.25, 0.3) is 0 Å². The Labute approximate surface area is 90.9 Å². The van der Waals surface area contributed by atoms with Crippen molar-refractivity contribution in [2.45, 2.75) is 25.7 Å². The molecule has 0 bridgehead atoms. The normalized spacial score (nSPS) is 17.9. The molecule has 0 unspecified atom stereocenters. The Morgan fingerprint density at radius 2 is 1.93 bits per heavy atom. The molecule has 0 saturated carbocycles. The predicted molar refractivity (Wildman–Crippen MR) is 60.4 cm³/mol. The van der Waals surface area contributed by atoms with Gasteiger partial charge in [0.1, 0.15) is 5.82 Å². The van der Waals surface area contributed by atoms with E-state index >= 15 is 0 Å². The summed E-state index contributed by atoms with van der Waals surface area (Å²) in [5.41, 5.74) is 1.11. The average Bonchev–Trinajstić information content (AvgIpc) is 2.28. The highest BCUT2D eigenvalue weighted by molar-refractivity contribution is 5.16. The van der Waals surface area contributed by atoms with Gasteiger partial charge in [-0.25, -0.2) is 4.39 Å². The first kappa shape index (κ1) is 10.6. The van der Waals surface area contributed by atoms with Gasteiger partial charge in [0.15, 0.2) is 0 Å². The maximum Gasteiger partial charge on any atom is 0.123 e. The molecule has 1 fully saturated rings. The standard InChI is InChI=1S/C13H18FN/c14-13-6-4-5-12(11-13)7-10-15-8-2-1-3-9-15/h4-6,11H,1-3,7-10H2. The summed E-state index contributed by atoms with van der Waals surface area (Å²) in [4.78, 5) is 2.48. The summed E-state index contributed by atoms with van der Waals surface area (Å²) in [5, 5.41) is 0. The average molecular weight is 207 g/mol. The summed E-state index contributed by atoms with van der Waals surface area (Å²) >= 11 is 0. The van der Waals surface area contributed by atoms with E-state index in [9.17, 15) is 4.39 Å². The van der Waals surface area contributed by atoms with Crippen LogP contribution in [0.2, 0.25) is 0 Å². The highest BCUT2D eigenvalue weighted by Gasteiger charge is 2.09. The lowest BCUT2D eigenvalue weighted by atomic mass is 10.1. The van der Waals surface area contributed by atoms with E-state index in [0.717, 1.165) is 18.5 Å². The minimum Gasteiger partial charge on any atom is -0.303 e. The smallest absolute Gasteiger partial charge is 0.123 e. The maximum atomic E-state index is 12.9. The lowest BCUT2D eigenvalue weighted by Gasteiger charge is -2.26. The van der Waals surface area contributed by atoms with Gasteiger partial charge in [0.05, 0.1) is 0 Å². The van der Waals surface area contributed by atoms with Crippen LogP contribution in [0.3, 0.4) is 0 Å². The molecule has 1 nitrogen and oxygen atoms in total. The van der Waals surface area contributed by atoms with Crippen LogP contribution in [0.15, 0.2) is 24.3 Å². The van der Waals surface area contributed by atoms with Crippen LogP contribution in [0.5, 0.6) is 0 Å². The van der Waals surface area contributed by atoms with Crippen molar-refractivity contribution in [3.8, 4) is 0 Å². The van der Waals surface area contributed by atoms with Crippen molar-refractivity contribution in [1.82, 2.24) is 4.90 Å². The molecular formula is C13H18FN. The summed E-state index contributed by atoms with van der Waals surface area (Å²) < 4.78 is 12.9. The third kappa shape index (κ3) is 3.31. The highest BCUT2D eigenvalue weighted by atomic mass is 19.1. The summed E-state index contributed by atoms with van der Waals surface area (Å²) in [6.07, 6.45) is 4.99. The Morgan fingerprint density at radius 1 is 1.13 bits per heavy atom. The molecule has 1 saturated heterocycles. The SMILES string of the molecule is Fc1cccc(CCN2CCCCC2)c1. The molecule has 1 aromatic rings. The van der Waals surface area contributed by atoms with E-state index in [4.69, 9.17) is 0 Å². The zero-order chi connectivity index (χ0) is 10.5. The van der Waals surface area contributed by atoms with Gasteiger partial charge < -0.3 is 4.90 Å². The summed E-state index contributed by atoms with van der Waals surface area (Å²) in [6.45, 7) is 3.51. The largest absolute Gasteiger partial charge is 0.303 e. The van der Waals surface area contributed by atoms with Gasteiger partial charge in [0.2, 0.25) is 0 Å². The monoisotopic (exact) mass is 207 g/mol. The Morgan fingerprint density at radius 3 is 2.67 bits per heavy atom. The minimum absolute atomic E-state index is 0.119. The fourth-order valence-electron chi connectivity index (χ4n) is 2.16. The topological polar surface area (TPSA) is 3.24 Å². The molecule has 1 aromatic carbocycles. The van der Waals surface area contributed by atoms with Crippen LogP contribution >= 0.6 is 0 Å². The molecule has 2 heteroatoms. The van der Waals surface area contributed by atoms with Gasteiger partial charge in [0.25, 0.3) is 0 Å². The zero-order valence-electron chi connectivity index (χ0n) is 9.08. The van der Waals surface area contributed by atoms with E-state index in [1.54, 1.807) is 12.1 Å². The molecule has 82 valence electrons. The fraction of sp³-hybridized carbons (Fsp3) is 0.538. The molecule has 0 N–H and O–H groups in total. The van der Waals surface area contributed by atoms with E-state index < -0.39 is 0 Å². The Balaban J connectivity index is 1.81. The lowest BCUT2D eigenvalue weighted by Crippen LogP contribution is -2.31. The van der Waals surface area contributed by atoms with Gasteiger partial charge in [-0.15, -0.1) is 0 Å². The van der Waals surface area contributed by atoms with E-state index in [1.807, 2.05) is 6.07 Å². The minimum atomic E-state index is -0.119. The van der Waals surface area contributed by atoms with Crippen LogP contribution in [0.4, 0.5) is 4.39 Å². The third-order valence-corrected chi connectivity index (χ3v) is 3.05. The van der Waals surface area contributed by atoms with Crippen LogP contribution < -0.4 is 0 Å². The van der Waals surface area contributed by atoms with Crippen molar-refractivity contribution < 1.29 is 4.39 Å². The van der Waals surface area contributed by atoms with Crippen molar-refractivity contribution >= 4 is 0 Å². The number of piperidine rings is 1. The molecule has 2 rings (SSSR count). The third-order valence-electron chi connectivity index (χ3n) is 3.05. The molecule has 0 aromatic heterocycles. The molecule has 0 aliphatic carbocycles. The second kappa shape index (κ2) is 5.26. The van der Waals surface area contributed by atoms with Crippen molar-refractivity contribution in [3.05, 3.63) is 35.6 Å². The second-order valence-electron chi connectivity index (χ2n) is 4.28. The van der Waals surface area contributed by atoms with Gasteiger partial charge in [-0.2, -0.15) is 0 Å². The van der Waals surface area contributed by atoms with E-state index in [2.05, 4.69) is 4.90 Å². The first-order chi connectivity index (χ1) is 7.34. The van der Waals surface area contributed by atoms with Gasteiger partial charge in [0, 0.05) is 6.54 Å². The number of nitrogens with zero attached hydrogens (tertiary/aromatic N) is 1. The molecule has 1 aliphatic heterocycles. The molecular weight excluding hydrogens is 189 g/mol. The van der Waals surface area contributed by atoms with Crippen LogP contribution in [-0.4, -0.2) is 24.5 Å². The summed E-state index contributed by atoms with van der Waals surface area (Å²) in [6, 6.07) is 6.95. The molecule has 15 heavy (non-hydrogen) atoms. The van der Waals surface area contributed by atoms with Crippen molar-refractivity contribution in [2.24, 2.45) is 0 Å². The first-order valence-corrected chi connectivity index (χ1v) is 5.81. The number of likely N-dealkylation sites (tertiary alicyclic amines) is 1. The number of halogens is 1. The van der Waals surface area contributed by atoms with Crippen LogP contribution in [0, 0.1) is 5.82 Å². The number of rotatable bonds is 3. The highest BCUT2D eigenvalue weighted by Crippen LogP contribution is 2.10. The Hall–Kier alpha value is -0.890. The molecule has 0 atom stereocenters. The Kier molecular flexibility index (Phi) is 3.73. The van der Waals surface area contributed by atoms with Crippen LogP contribution in [-0.2, 0) is 6.42 Å². The van der Waals surface area contributed by atoms with Crippen LogP contribution in [0.1, 0.15) is 24.8 Å². The number of hydrogen-bond donors (Lipinski definition) is 0. The van der Waals surface area contributed by atoms with Crippen molar-refractivity contribution in [2.75, 3.05) is 19.6 Å². The van der Waals surface area contributed by atoms with Gasteiger partial charge in [-0.05, 0) is 50.0 Å².